The van der Waals surface area contributed by atoms with E-state index >= 15 is 0 Å². The summed E-state index contributed by atoms with van der Waals surface area (Å²) >= 11 is 3.57. The maximum atomic E-state index is 5.26. The minimum Gasteiger partial charge on any atom is -0.497 e. The highest BCUT2D eigenvalue weighted by Gasteiger charge is 2.06. The van der Waals surface area contributed by atoms with Gasteiger partial charge in [0, 0.05) is 17.1 Å². The quantitative estimate of drug-likeness (QED) is 0.862. The molecule has 3 heteroatoms. The van der Waals surface area contributed by atoms with Gasteiger partial charge in [0.05, 0.1) is 7.11 Å². The van der Waals surface area contributed by atoms with Crippen molar-refractivity contribution in [2.45, 2.75) is 26.4 Å². The van der Waals surface area contributed by atoms with Gasteiger partial charge in [-0.25, -0.2) is 0 Å². The number of hydrogen-bond donors (Lipinski definition) is 1. The fourth-order valence-electron chi connectivity index (χ4n) is 2.05. The van der Waals surface area contributed by atoms with Gasteiger partial charge in [-0.1, -0.05) is 40.2 Å². The van der Waals surface area contributed by atoms with Gasteiger partial charge >= 0.3 is 0 Å². The lowest BCUT2D eigenvalue weighted by molar-refractivity contribution is 0.413. The Morgan fingerprint density at radius 3 is 2.70 bits per heavy atom. The zero-order chi connectivity index (χ0) is 14.5. The van der Waals surface area contributed by atoms with Gasteiger partial charge in [-0.05, 0) is 48.7 Å². The van der Waals surface area contributed by atoms with Crippen LogP contribution in [0.2, 0.25) is 0 Å². The van der Waals surface area contributed by atoms with Gasteiger partial charge in [-0.2, -0.15) is 0 Å². The smallest absolute Gasteiger partial charge is 0.119 e. The van der Waals surface area contributed by atoms with Crippen LogP contribution in [0.15, 0.2) is 46.9 Å². The molecule has 0 amide bonds. The van der Waals surface area contributed by atoms with Crippen molar-refractivity contribution in [3.63, 3.8) is 0 Å². The first-order chi connectivity index (χ1) is 9.60. The highest BCUT2D eigenvalue weighted by Crippen LogP contribution is 2.20. The third-order valence-electron chi connectivity index (χ3n) is 3.44. The van der Waals surface area contributed by atoms with E-state index in [1.807, 2.05) is 12.1 Å². The normalized spacial score (nSPS) is 12.2. The van der Waals surface area contributed by atoms with Gasteiger partial charge in [0.25, 0.3) is 0 Å². The molecule has 1 atom stereocenters. The Labute approximate surface area is 129 Å². The summed E-state index contributed by atoms with van der Waals surface area (Å²) in [6.07, 6.45) is 0. The number of halogens is 1. The molecule has 0 unspecified atom stereocenters. The average Bonchev–Trinajstić information content (AvgIpc) is 2.48. The molecule has 2 rings (SSSR count). The van der Waals surface area contributed by atoms with Crippen LogP contribution < -0.4 is 10.1 Å². The number of aryl methyl sites for hydroxylation is 1. The van der Waals surface area contributed by atoms with Crippen molar-refractivity contribution >= 4 is 15.9 Å². The number of hydrogen-bond acceptors (Lipinski definition) is 2. The van der Waals surface area contributed by atoms with E-state index in [4.69, 9.17) is 4.74 Å². The molecule has 0 aliphatic carbocycles. The molecular weight excluding hydrogens is 314 g/mol. The molecule has 1 N–H and O–H groups in total. The first-order valence-electron chi connectivity index (χ1n) is 6.72. The highest BCUT2D eigenvalue weighted by atomic mass is 79.9. The van der Waals surface area contributed by atoms with Crippen LogP contribution in [-0.4, -0.2) is 7.11 Å². The first kappa shape index (κ1) is 15.1. The van der Waals surface area contributed by atoms with Crippen molar-refractivity contribution in [1.82, 2.24) is 5.32 Å². The van der Waals surface area contributed by atoms with Crippen LogP contribution in [0.4, 0.5) is 0 Å². The summed E-state index contributed by atoms with van der Waals surface area (Å²) in [5.41, 5.74) is 3.77. The molecule has 0 bridgehead atoms. The molecule has 2 aromatic carbocycles. The molecule has 0 aliphatic rings. The fraction of sp³-hybridized carbons (Fsp3) is 0.294. The predicted molar refractivity (Wildman–Crippen MR) is 87.1 cm³/mol. The van der Waals surface area contributed by atoms with Gasteiger partial charge in [0.15, 0.2) is 0 Å². The van der Waals surface area contributed by atoms with Crippen molar-refractivity contribution < 1.29 is 4.74 Å². The SMILES string of the molecule is COc1cccc([C@@H](C)NCc2ccc(C)c(Br)c2)c1. The monoisotopic (exact) mass is 333 g/mol. The van der Waals surface area contributed by atoms with Crippen molar-refractivity contribution in [1.29, 1.82) is 0 Å². The van der Waals surface area contributed by atoms with Gasteiger partial charge < -0.3 is 10.1 Å². The predicted octanol–water partition coefficient (Wildman–Crippen LogP) is 4.62. The van der Waals surface area contributed by atoms with Gasteiger partial charge in [0.2, 0.25) is 0 Å². The van der Waals surface area contributed by atoms with E-state index in [0.29, 0.717) is 0 Å². The Kier molecular flexibility index (Phi) is 5.21. The van der Waals surface area contributed by atoms with Crippen LogP contribution in [0.25, 0.3) is 0 Å². The lowest BCUT2D eigenvalue weighted by Crippen LogP contribution is -2.18. The average molecular weight is 334 g/mol. The summed E-state index contributed by atoms with van der Waals surface area (Å²) in [6, 6.07) is 14.9. The van der Waals surface area contributed by atoms with Crippen LogP contribution >= 0.6 is 15.9 Å². The Morgan fingerprint density at radius 1 is 1.20 bits per heavy atom. The minimum atomic E-state index is 0.283. The second-order valence-electron chi connectivity index (χ2n) is 4.96. The fourth-order valence-corrected chi connectivity index (χ4v) is 2.47. The maximum Gasteiger partial charge on any atom is 0.119 e. The van der Waals surface area contributed by atoms with E-state index < -0.39 is 0 Å². The lowest BCUT2D eigenvalue weighted by Gasteiger charge is -2.15. The summed E-state index contributed by atoms with van der Waals surface area (Å²) in [4.78, 5) is 0. The Morgan fingerprint density at radius 2 is 2.00 bits per heavy atom. The molecule has 2 aromatic rings. The van der Waals surface area contributed by atoms with Crippen molar-refractivity contribution in [2.24, 2.45) is 0 Å². The van der Waals surface area contributed by atoms with Gasteiger partial charge in [-0.3, -0.25) is 0 Å². The number of nitrogens with one attached hydrogen (secondary N) is 1. The van der Waals surface area contributed by atoms with Gasteiger partial charge in [-0.15, -0.1) is 0 Å². The lowest BCUT2D eigenvalue weighted by atomic mass is 10.1. The van der Waals surface area contributed by atoms with Crippen LogP contribution in [0.5, 0.6) is 5.75 Å². The molecule has 0 radical (unpaired) electrons. The van der Waals surface area contributed by atoms with Gasteiger partial charge in [0.1, 0.15) is 5.75 Å². The van der Waals surface area contributed by atoms with E-state index in [1.165, 1.54) is 16.7 Å². The Bertz CT molecular complexity index is 583. The molecule has 0 aromatic heterocycles. The highest BCUT2D eigenvalue weighted by molar-refractivity contribution is 9.10. The Hall–Kier alpha value is -1.32. The molecule has 0 saturated carbocycles. The molecule has 0 aliphatic heterocycles. The standard InChI is InChI=1S/C17H20BrNO/c1-12-7-8-14(9-17(12)18)11-19-13(2)15-5-4-6-16(10-15)20-3/h4-10,13,19H,11H2,1-3H3/t13-/m1/s1. The summed E-state index contributed by atoms with van der Waals surface area (Å²) < 4.78 is 6.42. The number of ether oxygens (including phenoxy) is 1. The van der Waals surface area contributed by atoms with E-state index in [-0.39, 0.29) is 6.04 Å². The molecule has 0 spiro atoms. The number of methoxy groups -OCH3 is 1. The Balaban J connectivity index is 2.00. The third kappa shape index (κ3) is 3.84. The summed E-state index contributed by atoms with van der Waals surface area (Å²) in [5.74, 6) is 0.897. The van der Waals surface area contributed by atoms with Crippen LogP contribution in [-0.2, 0) is 6.54 Å². The zero-order valence-electron chi connectivity index (χ0n) is 12.1. The molecule has 20 heavy (non-hydrogen) atoms. The largest absolute Gasteiger partial charge is 0.497 e. The van der Waals surface area contributed by atoms with Crippen molar-refractivity contribution in [3.8, 4) is 5.75 Å². The summed E-state index contributed by atoms with van der Waals surface area (Å²) in [6.45, 7) is 5.11. The molecular formula is C17H20BrNO. The van der Waals surface area contributed by atoms with Crippen LogP contribution in [0.1, 0.15) is 29.7 Å². The van der Waals surface area contributed by atoms with Crippen molar-refractivity contribution in [2.75, 3.05) is 7.11 Å². The molecule has 106 valence electrons. The van der Waals surface area contributed by atoms with E-state index in [2.05, 4.69) is 65.4 Å². The van der Waals surface area contributed by atoms with E-state index in [9.17, 15) is 0 Å². The third-order valence-corrected chi connectivity index (χ3v) is 4.30. The first-order valence-corrected chi connectivity index (χ1v) is 7.52. The minimum absolute atomic E-state index is 0.283. The maximum absolute atomic E-state index is 5.26. The molecule has 0 heterocycles. The second kappa shape index (κ2) is 6.91. The van der Waals surface area contributed by atoms with Crippen LogP contribution in [0, 0.1) is 6.92 Å². The second-order valence-corrected chi connectivity index (χ2v) is 5.82. The molecule has 0 fully saturated rings. The molecule has 2 nitrogen and oxygen atoms in total. The van der Waals surface area contributed by atoms with E-state index in [0.717, 1.165) is 16.8 Å². The number of rotatable bonds is 5. The van der Waals surface area contributed by atoms with E-state index in [1.54, 1.807) is 7.11 Å². The van der Waals surface area contributed by atoms with Crippen LogP contribution in [0.3, 0.4) is 0 Å². The summed E-state index contributed by atoms with van der Waals surface area (Å²) in [7, 11) is 1.70. The topological polar surface area (TPSA) is 21.3 Å². The summed E-state index contributed by atoms with van der Waals surface area (Å²) in [5, 5.41) is 3.54. The van der Waals surface area contributed by atoms with Crippen molar-refractivity contribution in [3.05, 3.63) is 63.6 Å². The number of benzene rings is 2. The molecule has 0 saturated heterocycles. The zero-order valence-corrected chi connectivity index (χ0v) is 13.7.